The van der Waals surface area contributed by atoms with Crippen molar-refractivity contribution in [1.29, 1.82) is 0 Å². The molecule has 0 aliphatic carbocycles. The van der Waals surface area contributed by atoms with Crippen molar-refractivity contribution in [2.75, 3.05) is 13.2 Å². The highest BCUT2D eigenvalue weighted by molar-refractivity contribution is 5.72. The van der Waals surface area contributed by atoms with E-state index in [0.29, 0.717) is 13.0 Å². The second-order valence-corrected chi connectivity index (χ2v) is 5.14. The summed E-state index contributed by atoms with van der Waals surface area (Å²) < 4.78 is 7.44. The Kier molecular flexibility index (Phi) is 3.07. The van der Waals surface area contributed by atoms with Crippen LogP contribution in [0.15, 0.2) is 6.20 Å². The molecule has 18 heavy (non-hydrogen) atoms. The molecule has 3 rings (SSSR count). The van der Waals surface area contributed by atoms with Crippen LogP contribution in [0.3, 0.4) is 0 Å². The molecule has 0 amide bonds. The molecule has 0 radical (unpaired) electrons. The number of nitrogens with zero attached hydrogens (tertiary/aromatic N) is 2. The second kappa shape index (κ2) is 4.72. The van der Waals surface area contributed by atoms with Gasteiger partial charge in [-0.2, -0.15) is 0 Å². The molecule has 2 atom stereocenters. The quantitative estimate of drug-likeness (QED) is 0.868. The lowest BCUT2D eigenvalue weighted by Gasteiger charge is -2.28. The maximum absolute atomic E-state index is 11.4. The van der Waals surface area contributed by atoms with Gasteiger partial charge in [0.15, 0.2) is 0 Å². The summed E-state index contributed by atoms with van der Waals surface area (Å²) in [5.74, 6) is 0.427. The number of fused-ring (bicyclic) bond motifs is 1. The molecule has 3 heterocycles. The number of rotatable bonds is 2. The van der Waals surface area contributed by atoms with Crippen molar-refractivity contribution in [3.05, 3.63) is 17.7 Å². The van der Waals surface area contributed by atoms with Crippen LogP contribution in [0, 0.1) is 0 Å². The highest BCUT2D eigenvalue weighted by Crippen LogP contribution is 2.32. The highest BCUT2D eigenvalue weighted by Gasteiger charge is 2.31. The number of imidazole rings is 1. The Hall–Kier alpha value is -1.36. The Morgan fingerprint density at radius 2 is 2.33 bits per heavy atom. The molecule has 2 aliphatic rings. The van der Waals surface area contributed by atoms with Crippen LogP contribution < -0.4 is 0 Å². The summed E-state index contributed by atoms with van der Waals surface area (Å²) in [6, 6.07) is -0.437. The molecule has 1 N–H and O–H groups in total. The highest BCUT2D eigenvalue weighted by atomic mass is 16.5. The van der Waals surface area contributed by atoms with E-state index >= 15 is 0 Å². The minimum Gasteiger partial charge on any atom is -0.480 e. The van der Waals surface area contributed by atoms with Crippen molar-refractivity contribution >= 4 is 5.97 Å². The predicted octanol–water partition coefficient (Wildman–Crippen LogP) is 1.74. The summed E-state index contributed by atoms with van der Waals surface area (Å²) >= 11 is 0. The first-order valence-electron chi connectivity index (χ1n) is 6.64. The molecular formula is C13H18N2O3. The van der Waals surface area contributed by atoms with Gasteiger partial charge in [0, 0.05) is 24.4 Å². The Morgan fingerprint density at radius 3 is 3.06 bits per heavy atom. The van der Waals surface area contributed by atoms with Gasteiger partial charge in [-0.3, -0.25) is 0 Å². The average molecular weight is 250 g/mol. The van der Waals surface area contributed by atoms with Crippen molar-refractivity contribution in [2.45, 2.75) is 44.1 Å². The van der Waals surface area contributed by atoms with Crippen LogP contribution in [0.1, 0.15) is 49.2 Å². The number of aliphatic carboxylic acids is 1. The molecule has 1 aromatic heterocycles. The summed E-state index contributed by atoms with van der Waals surface area (Å²) in [5, 5.41) is 9.35. The van der Waals surface area contributed by atoms with Gasteiger partial charge in [0.1, 0.15) is 11.9 Å². The molecule has 1 aromatic rings. The average Bonchev–Trinajstić information content (AvgIpc) is 2.83. The van der Waals surface area contributed by atoms with E-state index in [1.807, 2.05) is 10.8 Å². The van der Waals surface area contributed by atoms with E-state index in [1.165, 1.54) is 0 Å². The lowest BCUT2D eigenvalue weighted by molar-refractivity contribution is -0.141. The molecule has 0 aromatic carbocycles. The van der Waals surface area contributed by atoms with Gasteiger partial charge in [-0.25, -0.2) is 9.78 Å². The van der Waals surface area contributed by atoms with Gasteiger partial charge < -0.3 is 14.4 Å². The van der Waals surface area contributed by atoms with Crippen LogP contribution in [0.4, 0.5) is 0 Å². The summed E-state index contributed by atoms with van der Waals surface area (Å²) in [4.78, 5) is 15.8. The van der Waals surface area contributed by atoms with Gasteiger partial charge in [-0.05, 0) is 32.1 Å². The zero-order valence-electron chi connectivity index (χ0n) is 10.3. The molecule has 5 nitrogen and oxygen atoms in total. The van der Waals surface area contributed by atoms with Crippen molar-refractivity contribution in [1.82, 2.24) is 9.55 Å². The van der Waals surface area contributed by atoms with Gasteiger partial charge >= 0.3 is 5.97 Å². The Labute approximate surface area is 106 Å². The SMILES string of the molecule is O=C(O)C1CCCc2cnc(C3CCCOC3)n21. The summed E-state index contributed by atoms with van der Waals surface area (Å²) in [6.07, 6.45) is 6.50. The van der Waals surface area contributed by atoms with Gasteiger partial charge in [0.05, 0.1) is 6.61 Å². The number of hydrogen-bond acceptors (Lipinski definition) is 3. The van der Waals surface area contributed by atoms with E-state index in [4.69, 9.17) is 4.74 Å². The standard InChI is InChI=1S/C13H18N2O3/c16-13(17)11-5-1-4-10-7-14-12(15(10)11)9-3-2-6-18-8-9/h7,9,11H,1-6,8H2,(H,16,17). The first kappa shape index (κ1) is 11.7. The molecule has 0 spiro atoms. The number of aryl methyl sites for hydroxylation is 1. The van der Waals surface area contributed by atoms with Crippen molar-refractivity contribution in [3.63, 3.8) is 0 Å². The molecule has 1 saturated heterocycles. The molecule has 98 valence electrons. The first-order chi connectivity index (χ1) is 8.77. The number of ether oxygens (including phenoxy) is 1. The van der Waals surface area contributed by atoms with Crippen LogP contribution >= 0.6 is 0 Å². The second-order valence-electron chi connectivity index (χ2n) is 5.14. The number of carbonyl (C=O) groups is 1. The van der Waals surface area contributed by atoms with E-state index in [-0.39, 0.29) is 5.92 Å². The number of carboxylic acids is 1. The van der Waals surface area contributed by atoms with E-state index in [0.717, 1.165) is 43.8 Å². The minimum absolute atomic E-state index is 0.257. The van der Waals surface area contributed by atoms with Crippen LogP contribution in [-0.2, 0) is 16.0 Å². The Balaban J connectivity index is 1.96. The third-order valence-electron chi connectivity index (χ3n) is 3.93. The van der Waals surface area contributed by atoms with E-state index in [2.05, 4.69) is 4.98 Å². The predicted molar refractivity (Wildman–Crippen MR) is 64.6 cm³/mol. The third kappa shape index (κ3) is 1.92. The minimum atomic E-state index is -0.744. The largest absolute Gasteiger partial charge is 0.480 e. The smallest absolute Gasteiger partial charge is 0.326 e. The molecule has 1 fully saturated rings. The molecule has 2 aliphatic heterocycles. The van der Waals surface area contributed by atoms with Gasteiger partial charge in [-0.1, -0.05) is 0 Å². The Morgan fingerprint density at radius 1 is 1.44 bits per heavy atom. The van der Waals surface area contributed by atoms with Gasteiger partial charge in [0.2, 0.25) is 0 Å². The summed E-state index contributed by atoms with van der Waals surface area (Å²) in [6.45, 7) is 1.48. The first-order valence-corrected chi connectivity index (χ1v) is 6.64. The molecule has 2 unspecified atom stereocenters. The summed E-state index contributed by atoms with van der Waals surface area (Å²) in [5.41, 5.74) is 1.06. The lowest BCUT2D eigenvalue weighted by atomic mass is 9.98. The number of aromatic nitrogens is 2. The van der Waals surface area contributed by atoms with E-state index in [9.17, 15) is 9.90 Å². The molecular weight excluding hydrogens is 232 g/mol. The fraction of sp³-hybridized carbons (Fsp3) is 0.692. The summed E-state index contributed by atoms with van der Waals surface area (Å²) in [7, 11) is 0. The van der Waals surface area contributed by atoms with Crippen molar-refractivity contribution < 1.29 is 14.6 Å². The van der Waals surface area contributed by atoms with Crippen molar-refractivity contribution in [2.24, 2.45) is 0 Å². The molecule has 5 heteroatoms. The number of carboxylic acid groups (broad SMARTS) is 1. The third-order valence-corrected chi connectivity index (χ3v) is 3.93. The number of hydrogen-bond donors (Lipinski definition) is 1. The fourth-order valence-corrected chi connectivity index (χ4v) is 3.04. The molecule has 0 bridgehead atoms. The maximum Gasteiger partial charge on any atom is 0.326 e. The zero-order valence-corrected chi connectivity index (χ0v) is 10.3. The lowest BCUT2D eigenvalue weighted by Crippen LogP contribution is -2.29. The van der Waals surface area contributed by atoms with Gasteiger partial charge in [0.25, 0.3) is 0 Å². The normalized spacial score (nSPS) is 27.8. The van der Waals surface area contributed by atoms with Crippen LogP contribution in [0.25, 0.3) is 0 Å². The van der Waals surface area contributed by atoms with Crippen LogP contribution in [0.2, 0.25) is 0 Å². The van der Waals surface area contributed by atoms with Gasteiger partial charge in [-0.15, -0.1) is 0 Å². The zero-order chi connectivity index (χ0) is 12.5. The Bertz CT molecular complexity index is 449. The molecule has 0 saturated carbocycles. The van der Waals surface area contributed by atoms with Crippen LogP contribution in [0.5, 0.6) is 0 Å². The monoisotopic (exact) mass is 250 g/mol. The van der Waals surface area contributed by atoms with Crippen LogP contribution in [-0.4, -0.2) is 33.8 Å². The van der Waals surface area contributed by atoms with E-state index < -0.39 is 12.0 Å². The maximum atomic E-state index is 11.4. The topological polar surface area (TPSA) is 64.3 Å². The fourth-order valence-electron chi connectivity index (χ4n) is 3.04. The van der Waals surface area contributed by atoms with Crippen molar-refractivity contribution in [3.8, 4) is 0 Å². The van der Waals surface area contributed by atoms with E-state index in [1.54, 1.807) is 0 Å².